The first-order valence-electron chi connectivity index (χ1n) is 10.2. The number of amides is 1. The quantitative estimate of drug-likeness (QED) is 0.622. The van der Waals surface area contributed by atoms with Crippen LogP contribution in [0.15, 0.2) is 59.1 Å². The molecule has 1 aromatic heterocycles. The normalized spacial score (nSPS) is 17.1. The van der Waals surface area contributed by atoms with Crippen molar-refractivity contribution in [2.75, 3.05) is 20.1 Å². The van der Waals surface area contributed by atoms with Gasteiger partial charge in [0.05, 0.1) is 12.5 Å². The number of piperidine rings is 1. The maximum atomic E-state index is 13.1. The van der Waals surface area contributed by atoms with E-state index in [2.05, 4.69) is 15.0 Å². The molecule has 2 aromatic carbocycles. The standard InChI is InChI=1S/C23H25FN4O2/c1-27(16-21-25-22(26-30-21)18-6-3-2-4-7-18)23(29)19-8-5-13-28(15-19)14-17-9-11-20(24)12-10-17/h2-4,6-7,9-12,19H,5,8,13-16H2,1H3. The zero-order valence-electron chi connectivity index (χ0n) is 17.0. The van der Waals surface area contributed by atoms with E-state index < -0.39 is 0 Å². The molecule has 7 heteroatoms. The van der Waals surface area contributed by atoms with Crippen molar-refractivity contribution in [2.24, 2.45) is 5.92 Å². The fourth-order valence-corrected chi connectivity index (χ4v) is 3.86. The fourth-order valence-electron chi connectivity index (χ4n) is 3.86. The van der Waals surface area contributed by atoms with E-state index in [9.17, 15) is 9.18 Å². The van der Waals surface area contributed by atoms with E-state index in [-0.39, 0.29) is 24.2 Å². The maximum absolute atomic E-state index is 13.1. The van der Waals surface area contributed by atoms with E-state index in [4.69, 9.17) is 4.52 Å². The highest BCUT2D eigenvalue weighted by Gasteiger charge is 2.28. The molecule has 6 nitrogen and oxygen atoms in total. The first kappa shape index (κ1) is 20.2. The lowest BCUT2D eigenvalue weighted by atomic mass is 9.96. The average Bonchev–Trinajstić information content (AvgIpc) is 3.24. The number of likely N-dealkylation sites (tertiary alicyclic amines) is 1. The highest BCUT2D eigenvalue weighted by atomic mass is 19.1. The summed E-state index contributed by atoms with van der Waals surface area (Å²) in [4.78, 5) is 21.3. The van der Waals surface area contributed by atoms with Gasteiger partial charge in [0.25, 0.3) is 0 Å². The van der Waals surface area contributed by atoms with Crippen LogP contribution in [0.25, 0.3) is 11.4 Å². The SMILES string of the molecule is CN(Cc1nc(-c2ccccc2)no1)C(=O)C1CCCN(Cc2ccc(F)cc2)C1. The molecule has 1 fully saturated rings. The van der Waals surface area contributed by atoms with Gasteiger partial charge >= 0.3 is 0 Å². The van der Waals surface area contributed by atoms with E-state index in [1.807, 2.05) is 30.3 Å². The van der Waals surface area contributed by atoms with Crippen LogP contribution < -0.4 is 0 Å². The van der Waals surface area contributed by atoms with E-state index in [1.54, 1.807) is 24.1 Å². The summed E-state index contributed by atoms with van der Waals surface area (Å²) < 4.78 is 18.5. The van der Waals surface area contributed by atoms with Crippen molar-refractivity contribution in [2.45, 2.75) is 25.9 Å². The predicted molar refractivity (Wildman–Crippen MR) is 111 cm³/mol. The second-order valence-electron chi connectivity index (χ2n) is 7.77. The number of benzene rings is 2. The first-order chi connectivity index (χ1) is 14.6. The highest BCUT2D eigenvalue weighted by Crippen LogP contribution is 2.22. The maximum Gasteiger partial charge on any atom is 0.246 e. The number of carbonyl (C=O) groups excluding carboxylic acids is 1. The van der Waals surface area contributed by atoms with Crippen LogP contribution in [0.2, 0.25) is 0 Å². The zero-order chi connectivity index (χ0) is 20.9. The molecule has 0 saturated carbocycles. The van der Waals surface area contributed by atoms with Crippen LogP contribution in [0.1, 0.15) is 24.3 Å². The summed E-state index contributed by atoms with van der Waals surface area (Å²) in [6, 6.07) is 16.2. The Morgan fingerprint density at radius 2 is 1.97 bits per heavy atom. The van der Waals surface area contributed by atoms with Gasteiger partial charge in [-0.2, -0.15) is 4.98 Å². The first-order valence-corrected chi connectivity index (χ1v) is 10.2. The Morgan fingerprint density at radius 3 is 2.73 bits per heavy atom. The highest BCUT2D eigenvalue weighted by molar-refractivity contribution is 5.78. The van der Waals surface area contributed by atoms with Crippen molar-refractivity contribution >= 4 is 5.91 Å². The molecule has 4 rings (SSSR count). The van der Waals surface area contributed by atoms with Crippen LogP contribution >= 0.6 is 0 Å². The summed E-state index contributed by atoms with van der Waals surface area (Å²) in [7, 11) is 1.77. The Morgan fingerprint density at radius 1 is 1.20 bits per heavy atom. The molecule has 1 atom stereocenters. The van der Waals surface area contributed by atoms with E-state index in [1.165, 1.54) is 12.1 Å². The fraction of sp³-hybridized carbons (Fsp3) is 0.348. The second kappa shape index (κ2) is 9.17. The van der Waals surface area contributed by atoms with E-state index in [0.29, 0.717) is 18.3 Å². The molecule has 1 saturated heterocycles. The van der Waals surface area contributed by atoms with Crippen LogP contribution in [0.5, 0.6) is 0 Å². The predicted octanol–water partition coefficient (Wildman–Crippen LogP) is 3.75. The Labute approximate surface area is 175 Å². The molecule has 0 spiro atoms. The third kappa shape index (κ3) is 4.91. The lowest BCUT2D eigenvalue weighted by molar-refractivity contribution is -0.137. The average molecular weight is 408 g/mol. The molecule has 1 unspecified atom stereocenters. The van der Waals surface area contributed by atoms with Gasteiger partial charge in [0.15, 0.2) is 0 Å². The summed E-state index contributed by atoms with van der Waals surface area (Å²) in [6.45, 7) is 2.64. The molecular formula is C23H25FN4O2. The molecule has 0 N–H and O–H groups in total. The molecule has 0 bridgehead atoms. The number of nitrogens with zero attached hydrogens (tertiary/aromatic N) is 4. The Balaban J connectivity index is 1.34. The summed E-state index contributed by atoms with van der Waals surface area (Å²) in [5.41, 5.74) is 1.93. The molecule has 0 radical (unpaired) electrons. The second-order valence-corrected chi connectivity index (χ2v) is 7.77. The van der Waals surface area contributed by atoms with Crippen LogP contribution in [-0.2, 0) is 17.9 Å². The summed E-state index contributed by atoms with van der Waals surface area (Å²) in [5, 5.41) is 4.02. The Hall–Kier alpha value is -3.06. The van der Waals surface area contributed by atoms with Crippen molar-refractivity contribution in [3.63, 3.8) is 0 Å². The monoisotopic (exact) mass is 408 g/mol. The lowest BCUT2D eigenvalue weighted by Crippen LogP contribution is -2.43. The van der Waals surface area contributed by atoms with Crippen molar-refractivity contribution in [1.29, 1.82) is 0 Å². The number of hydrogen-bond acceptors (Lipinski definition) is 5. The minimum absolute atomic E-state index is 0.0688. The number of halogens is 1. The number of aromatic nitrogens is 2. The van der Waals surface area contributed by atoms with Gasteiger partial charge in [0, 0.05) is 25.7 Å². The minimum atomic E-state index is -0.233. The minimum Gasteiger partial charge on any atom is -0.337 e. The van der Waals surface area contributed by atoms with Crippen LogP contribution in [-0.4, -0.2) is 46.0 Å². The summed E-state index contributed by atoms with van der Waals surface area (Å²) in [5.74, 6) is 0.723. The van der Waals surface area contributed by atoms with Crippen molar-refractivity contribution in [3.05, 3.63) is 71.9 Å². The molecular weight excluding hydrogens is 383 g/mol. The van der Waals surface area contributed by atoms with Gasteiger partial charge in [-0.1, -0.05) is 47.6 Å². The lowest BCUT2D eigenvalue weighted by Gasteiger charge is -2.33. The third-order valence-electron chi connectivity index (χ3n) is 5.42. The van der Waals surface area contributed by atoms with Crippen LogP contribution in [0.3, 0.4) is 0 Å². The number of rotatable bonds is 6. The van der Waals surface area contributed by atoms with Gasteiger partial charge in [-0.3, -0.25) is 9.69 Å². The third-order valence-corrected chi connectivity index (χ3v) is 5.42. The topological polar surface area (TPSA) is 62.5 Å². The van der Waals surface area contributed by atoms with Gasteiger partial charge in [-0.25, -0.2) is 4.39 Å². The van der Waals surface area contributed by atoms with E-state index in [0.717, 1.165) is 37.1 Å². The van der Waals surface area contributed by atoms with E-state index >= 15 is 0 Å². The van der Waals surface area contributed by atoms with Gasteiger partial charge < -0.3 is 9.42 Å². The molecule has 1 aliphatic rings. The zero-order valence-corrected chi connectivity index (χ0v) is 17.0. The Bertz CT molecular complexity index is 974. The van der Waals surface area contributed by atoms with Gasteiger partial charge in [0.1, 0.15) is 5.82 Å². The summed E-state index contributed by atoms with van der Waals surface area (Å²) in [6.07, 6.45) is 1.83. The van der Waals surface area contributed by atoms with Gasteiger partial charge in [-0.05, 0) is 37.1 Å². The molecule has 1 amide bonds. The van der Waals surface area contributed by atoms with Crippen molar-refractivity contribution < 1.29 is 13.7 Å². The number of carbonyl (C=O) groups is 1. The molecule has 30 heavy (non-hydrogen) atoms. The largest absolute Gasteiger partial charge is 0.337 e. The summed E-state index contributed by atoms with van der Waals surface area (Å²) >= 11 is 0. The van der Waals surface area contributed by atoms with Crippen LogP contribution in [0, 0.1) is 11.7 Å². The van der Waals surface area contributed by atoms with Crippen LogP contribution in [0.4, 0.5) is 4.39 Å². The molecule has 0 aliphatic carbocycles. The number of hydrogen-bond donors (Lipinski definition) is 0. The Kier molecular flexibility index (Phi) is 6.18. The molecule has 2 heterocycles. The molecule has 156 valence electrons. The molecule has 1 aliphatic heterocycles. The van der Waals surface area contributed by atoms with Crippen molar-refractivity contribution in [1.82, 2.24) is 19.9 Å². The van der Waals surface area contributed by atoms with Crippen molar-refractivity contribution in [3.8, 4) is 11.4 Å². The van der Waals surface area contributed by atoms with Gasteiger partial charge in [-0.15, -0.1) is 0 Å². The van der Waals surface area contributed by atoms with Gasteiger partial charge in [0.2, 0.25) is 17.6 Å². The smallest absolute Gasteiger partial charge is 0.246 e. The molecule has 3 aromatic rings.